The molecule has 0 fully saturated rings. The maximum absolute atomic E-state index is 12.4. The Kier molecular flexibility index (Phi) is 11.3. The van der Waals surface area contributed by atoms with Gasteiger partial charge in [0, 0.05) is 59.5 Å². The van der Waals surface area contributed by atoms with Gasteiger partial charge in [0.05, 0.1) is 25.2 Å². The minimum atomic E-state index is -1.15. The fraction of sp³-hybridized carbons (Fsp3) is 0.739. The van der Waals surface area contributed by atoms with Crippen LogP contribution >= 0.6 is 0 Å². The number of aromatic nitrogens is 2. The molecular weight excluding hydrogens is 412 g/mol. The zero-order chi connectivity index (χ0) is 23.5. The van der Waals surface area contributed by atoms with Gasteiger partial charge < -0.3 is 29.2 Å². The highest BCUT2D eigenvalue weighted by molar-refractivity contribution is 5.73. The van der Waals surface area contributed by atoms with E-state index in [1.807, 2.05) is 30.0 Å². The molecule has 1 amide bonds. The second-order valence-electron chi connectivity index (χ2n) is 8.89. The predicted molar refractivity (Wildman–Crippen MR) is 122 cm³/mol. The number of hydrogen-bond donors (Lipinski definition) is 2. The average Bonchev–Trinajstić information content (AvgIpc) is 3.14. The number of aliphatic hydroxyl groups excluding tert-OH is 2. The molecule has 32 heavy (non-hydrogen) atoms. The Balaban J connectivity index is 2.14. The molecular formula is C23H40N4O5. The van der Waals surface area contributed by atoms with E-state index < -0.39 is 18.3 Å². The molecule has 0 bridgehead atoms. The van der Waals surface area contributed by atoms with Crippen molar-refractivity contribution in [2.45, 2.75) is 52.0 Å². The Bertz CT molecular complexity index is 708. The molecule has 1 aromatic rings. The minimum Gasteiger partial charge on any atom is -0.388 e. The van der Waals surface area contributed by atoms with Crippen LogP contribution in [0.4, 0.5) is 0 Å². The molecule has 1 aliphatic rings. The lowest BCUT2D eigenvalue weighted by Gasteiger charge is -2.33. The number of carbonyl (C=O) groups is 1. The molecule has 0 aliphatic carbocycles. The van der Waals surface area contributed by atoms with Crippen LogP contribution in [0.15, 0.2) is 24.7 Å². The van der Waals surface area contributed by atoms with E-state index in [0.717, 1.165) is 12.1 Å². The number of nitrogens with zero attached hydrogens (tertiary/aromatic N) is 4. The van der Waals surface area contributed by atoms with Gasteiger partial charge >= 0.3 is 0 Å². The third-order valence-corrected chi connectivity index (χ3v) is 5.51. The maximum Gasteiger partial charge on any atom is 0.219 e. The van der Waals surface area contributed by atoms with Crippen molar-refractivity contribution < 1.29 is 24.5 Å². The van der Waals surface area contributed by atoms with Gasteiger partial charge in [0.2, 0.25) is 5.91 Å². The van der Waals surface area contributed by atoms with E-state index in [0.29, 0.717) is 45.3 Å². The molecule has 1 aliphatic heterocycles. The molecule has 2 rings (SSSR count). The number of aryl methyl sites for hydroxylation is 1. The Morgan fingerprint density at radius 2 is 2.09 bits per heavy atom. The summed E-state index contributed by atoms with van der Waals surface area (Å²) in [5, 5.41) is 21.1. The normalized spacial score (nSPS) is 25.6. The van der Waals surface area contributed by atoms with Gasteiger partial charge in [-0.15, -0.1) is 0 Å². The molecule has 0 unspecified atom stereocenters. The van der Waals surface area contributed by atoms with Crippen molar-refractivity contribution in [1.29, 1.82) is 0 Å². The van der Waals surface area contributed by atoms with E-state index in [1.54, 1.807) is 11.2 Å². The van der Waals surface area contributed by atoms with Gasteiger partial charge in [0.15, 0.2) is 0 Å². The van der Waals surface area contributed by atoms with Crippen LogP contribution in [-0.4, -0.2) is 99.8 Å². The summed E-state index contributed by atoms with van der Waals surface area (Å²) < 4.78 is 13.4. The lowest BCUT2D eigenvalue weighted by molar-refractivity contribution is -0.139. The highest BCUT2D eigenvalue weighted by Gasteiger charge is 2.30. The molecule has 9 nitrogen and oxygen atoms in total. The lowest BCUT2D eigenvalue weighted by atomic mass is 10.1. The van der Waals surface area contributed by atoms with Crippen LogP contribution in [0.25, 0.3) is 0 Å². The van der Waals surface area contributed by atoms with Crippen molar-refractivity contribution in [1.82, 2.24) is 19.4 Å². The van der Waals surface area contributed by atoms with Crippen molar-refractivity contribution in [2.75, 3.05) is 46.0 Å². The predicted octanol–water partition coefficient (Wildman–Crippen LogP) is 0.810. The summed E-state index contributed by atoms with van der Waals surface area (Å²) in [6.07, 6.45) is 5.56. The number of rotatable bonds is 6. The number of imidazole rings is 1. The van der Waals surface area contributed by atoms with E-state index in [4.69, 9.17) is 9.47 Å². The SMILES string of the molecule is CC(=O)N1CCN(Cc2cn(C)cn2)C/C=C\COC[C@H](O)[C@H](O)[C@@H](OCCC(C)C)C1. The molecule has 1 aromatic heterocycles. The number of ether oxygens (including phenoxy) is 2. The van der Waals surface area contributed by atoms with E-state index in [2.05, 4.69) is 23.7 Å². The summed E-state index contributed by atoms with van der Waals surface area (Å²) in [5.74, 6) is 0.357. The molecule has 182 valence electrons. The summed E-state index contributed by atoms with van der Waals surface area (Å²) in [6, 6.07) is 0. The molecule has 2 N–H and O–H groups in total. The zero-order valence-electron chi connectivity index (χ0n) is 19.9. The number of aliphatic hydroxyl groups is 2. The van der Waals surface area contributed by atoms with Gasteiger partial charge in [-0.2, -0.15) is 0 Å². The first-order valence-corrected chi connectivity index (χ1v) is 11.4. The van der Waals surface area contributed by atoms with Gasteiger partial charge in [0.25, 0.3) is 0 Å². The van der Waals surface area contributed by atoms with Crippen molar-refractivity contribution >= 4 is 5.91 Å². The monoisotopic (exact) mass is 452 g/mol. The van der Waals surface area contributed by atoms with Crippen LogP contribution in [0, 0.1) is 5.92 Å². The Hall–Kier alpha value is -1.78. The Morgan fingerprint density at radius 1 is 1.31 bits per heavy atom. The van der Waals surface area contributed by atoms with E-state index in [1.165, 1.54) is 6.92 Å². The topological polar surface area (TPSA) is 100 Å². The molecule has 0 saturated carbocycles. The van der Waals surface area contributed by atoms with Crippen LogP contribution in [-0.2, 0) is 27.9 Å². The van der Waals surface area contributed by atoms with Gasteiger partial charge in [-0.3, -0.25) is 9.69 Å². The first-order chi connectivity index (χ1) is 15.3. The van der Waals surface area contributed by atoms with Crippen LogP contribution in [0.2, 0.25) is 0 Å². The third-order valence-electron chi connectivity index (χ3n) is 5.51. The molecule has 0 spiro atoms. The average molecular weight is 453 g/mol. The Labute approximate surface area is 191 Å². The first kappa shape index (κ1) is 26.5. The van der Waals surface area contributed by atoms with Crippen LogP contribution in [0.1, 0.15) is 32.9 Å². The summed E-state index contributed by atoms with van der Waals surface area (Å²) in [5.41, 5.74) is 0.959. The molecule has 0 radical (unpaired) electrons. The smallest absolute Gasteiger partial charge is 0.219 e. The minimum absolute atomic E-state index is 0.00668. The number of hydrogen-bond acceptors (Lipinski definition) is 7. The van der Waals surface area contributed by atoms with Gasteiger partial charge in [-0.1, -0.05) is 26.0 Å². The van der Waals surface area contributed by atoms with Crippen molar-refractivity contribution in [2.24, 2.45) is 13.0 Å². The molecule has 0 aromatic carbocycles. The quantitative estimate of drug-likeness (QED) is 0.616. The third kappa shape index (κ3) is 9.38. The van der Waals surface area contributed by atoms with Crippen molar-refractivity contribution in [3.05, 3.63) is 30.4 Å². The lowest BCUT2D eigenvalue weighted by Crippen LogP contribution is -2.50. The number of amides is 1. The second-order valence-corrected chi connectivity index (χ2v) is 8.89. The van der Waals surface area contributed by atoms with E-state index in [9.17, 15) is 15.0 Å². The van der Waals surface area contributed by atoms with Crippen LogP contribution < -0.4 is 0 Å². The molecule has 9 heteroatoms. The fourth-order valence-corrected chi connectivity index (χ4v) is 3.48. The molecule has 0 saturated heterocycles. The standard InChI is InChI=1S/C23H40N4O5/c1-18(2)7-12-32-22-15-27(19(3)28)10-9-26(14-20-13-25(4)17-24-20)8-5-6-11-31-16-21(29)23(22)30/h5-6,13,17-18,21-23,29-30H,7-12,14-16H2,1-4H3/b6-5-/t21-,22-,23-/m0/s1. The van der Waals surface area contributed by atoms with Crippen LogP contribution in [0.5, 0.6) is 0 Å². The molecule has 2 heterocycles. The Morgan fingerprint density at radius 3 is 2.75 bits per heavy atom. The summed E-state index contributed by atoms with van der Waals surface area (Å²) >= 11 is 0. The summed E-state index contributed by atoms with van der Waals surface area (Å²) in [6.45, 7) is 9.18. The highest BCUT2D eigenvalue weighted by atomic mass is 16.5. The van der Waals surface area contributed by atoms with Gasteiger partial charge in [0.1, 0.15) is 18.3 Å². The zero-order valence-corrected chi connectivity index (χ0v) is 19.9. The summed E-state index contributed by atoms with van der Waals surface area (Å²) in [7, 11) is 1.94. The van der Waals surface area contributed by atoms with Crippen molar-refractivity contribution in [3.8, 4) is 0 Å². The van der Waals surface area contributed by atoms with E-state index >= 15 is 0 Å². The fourth-order valence-electron chi connectivity index (χ4n) is 3.48. The largest absolute Gasteiger partial charge is 0.388 e. The van der Waals surface area contributed by atoms with Gasteiger partial charge in [-0.25, -0.2) is 4.98 Å². The number of carbonyl (C=O) groups excluding carboxylic acids is 1. The summed E-state index contributed by atoms with van der Waals surface area (Å²) in [4.78, 5) is 20.7. The maximum atomic E-state index is 12.4. The highest BCUT2D eigenvalue weighted by Crippen LogP contribution is 2.12. The first-order valence-electron chi connectivity index (χ1n) is 11.4. The van der Waals surface area contributed by atoms with Gasteiger partial charge in [-0.05, 0) is 12.3 Å². The van der Waals surface area contributed by atoms with E-state index in [-0.39, 0.29) is 19.1 Å². The second kappa shape index (κ2) is 13.7. The molecule has 3 atom stereocenters. The van der Waals surface area contributed by atoms with Crippen molar-refractivity contribution in [3.63, 3.8) is 0 Å². The van der Waals surface area contributed by atoms with Crippen LogP contribution in [0.3, 0.4) is 0 Å².